The van der Waals surface area contributed by atoms with Gasteiger partial charge in [0.25, 0.3) is 0 Å². The topological polar surface area (TPSA) is 72.2 Å². The molecule has 96 valence electrons. The average molecular weight is 294 g/mol. The number of nitrogens with zero attached hydrogens (tertiary/aromatic N) is 4. The minimum absolute atomic E-state index is 0.0560. The number of pyridine rings is 1. The van der Waals surface area contributed by atoms with Gasteiger partial charge in [-0.05, 0) is 12.1 Å². The Hall–Kier alpha value is -1.86. The van der Waals surface area contributed by atoms with Crippen LogP contribution in [-0.2, 0) is 4.79 Å². The largest absolute Gasteiger partial charge is 0.304 e. The van der Waals surface area contributed by atoms with Crippen LogP contribution in [0.15, 0.2) is 35.7 Å². The normalized spacial score (nSPS) is 16.9. The van der Waals surface area contributed by atoms with Crippen molar-refractivity contribution >= 4 is 40.1 Å². The molecule has 1 aliphatic heterocycles. The summed E-state index contributed by atoms with van der Waals surface area (Å²) in [6.07, 6.45) is 5.05. The van der Waals surface area contributed by atoms with E-state index in [1.54, 1.807) is 23.3 Å². The van der Waals surface area contributed by atoms with E-state index in [1.807, 2.05) is 12.1 Å². The highest BCUT2D eigenvalue weighted by molar-refractivity contribution is 8.15. The van der Waals surface area contributed by atoms with Crippen molar-refractivity contribution in [2.45, 2.75) is 0 Å². The number of aromatic nitrogens is 3. The molecule has 0 unspecified atom stereocenters. The van der Waals surface area contributed by atoms with Gasteiger partial charge in [0.15, 0.2) is 10.3 Å². The van der Waals surface area contributed by atoms with Crippen LogP contribution in [0.2, 0.25) is 5.15 Å². The van der Waals surface area contributed by atoms with Crippen LogP contribution in [0.4, 0.5) is 5.69 Å². The van der Waals surface area contributed by atoms with Gasteiger partial charge in [0.1, 0.15) is 5.69 Å². The Morgan fingerprint density at radius 2 is 2.42 bits per heavy atom. The van der Waals surface area contributed by atoms with Crippen LogP contribution < -0.4 is 5.32 Å². The van der Waals surface area contributed by atoms with Gasteiger partial charge < -0.3 is 5.32 Å². The number of amides is 1. The van der Waals surface area contributed by atoms with Gasteiger partial charge in [0.05, 0.1) is 23.8 Å². The number of thioether (sulfide) groups is 1. The Bertz CT molecular complexity index is 654. The Kier molecular flexibility index (Phi) is 3.22. The highest BCUT2D eigenvalue weighted by atomic mass is 35.5. The van der Waals surface area contributed by atoms with Crippen LogP contribution in [0.1, 0.15) is 0 Å². The van der Waals surface area contributed by atoms with Gasteiger partial charge >= 0.3 is 0 Å². The summed E-state index contributed by atoms with van der Waals surface area (Å²) in [5, 5.41) is 7.62. The molecule has 1 amide bonds. The predicted molar refractivity (Wildman–Crippen MR) is 74.1 cm³/mol. The number of carbonyl (C=O) groups is 1. The maximum atomic E-state index is 11.1. The summed E-state index contributed by atoms with van der Waals surface area (Å²) in [4.78, 5) is 19.4. The number of carbonyl (C=O) groups excluding carboxylic acids is 1. The zero-order valence-electron chi connectivity index (χ0n) is 9.58. The van der Waals surface area contributed by atoms with Gasteiger partial charge in [-0.2, -0.15) is 5.10 Å². The molecule has 0 aliphatic carbocycles. The van der Waals surface area contributed by atoms with E-state index < -0.39 is 0 Å². The van der Waals surface area contributed by atoms with E-state index in [4.69, 9.17) is 11.6 Å². The first kappa shape index (κ1) is 12.2. The molecule has 3 rings (SSSR count). The number of amidine groups is 1. The lowest BCUT2D eigenvalue weighted by atomic mass is 10.4. The SMILES string of the molecule is O=C1CSC(=Nc2cn(-c3cccnc3)nc2Cl)N1. The maximum absolute atomic E-state index is 11.1. The summed E-state index contributed by atoms with van der Waals surface area (Å²) in [6.45, 7) is 0. The van der Waals surface area contributed by atoms with Crippen LogP contribution >= 0.6 is 23.4 Å². The van der Waals surface area contributed by atoms with Crippen molar-refractivity contribution in [1.82, 2.24) is 20.1 Å². The third-order valence-corrected chi connectivity index (χ3v) is 3.51. The highest BCUT2D eigenvalue weighted by Gasteiger charge is 2.17. The lowest BCUT2D eigenvalue weighted by Gasteiger charge is -1.97. The highest BCUT2D eigenvalue weighted by Crippen LogP contribution is 2.26. The van der Waals surface area contributed by atoms with E-state index in [0.717, 1.165) is 5.69 Å². The van der Waals surface area contributed by atoms with Crippen molar-refractivity contribution in [3.8, 4) is 5.69 Å². The summed E-state index contributed by atoms with van der Waals surface area (Å²) >= 11 is 7.37. The number of aliphatic imine (C=N–C) groups is 1. The van der Waals surface area contributed by atoms with Gasteiger partial charge in [-0.3, -0.25) is 9.78 Å². The molecule has 0 atom stereocenters. The minimum atomic E-state index is -0.0560. The zero-order chi connectivity index (χ0) is 13.2. The molecule has 1 saturated heterocycles. The van der Waals surface area contributed by atoms with Crippen molar-refractivity contribution in [2.75, 3.05) is 5.75 Å². The fourth-order valence-corrected chi connectivity index (χ4v) is 2.40. The Morgan fingerprint density at radius 3 is 3.11 bits per heavy atom. The summed E-state index contributed by atoms with van der Waals surface area (Å²) < 4.78 is 1.59. The molecular formula is C11H8ClN5OS. The fraction of sp³-hybridized carbons (Fsp3) is 0.0909. The molecule has 0 bridgehead atoms. The summed E-state index contributed by atoms with van der Waals surface area (Å²) in [6, 6.07) is 3.67. The van der Waals surface area contributed by atoms with Crippen molar-refractivity contribution < 1.29 is 4.79 Å². The Labute approximate surface area is 117 Å². The third kappa shape index (κ3) is 2.61. The van der Waals surface area contributed by atoms with E-state index in [2.05, 4.69) is 20.4 Å². The van der Waals surface area contributed by atoms with Crippen LogP contribution in [0.3, 0.4) is 0 Å². The quantitative estimate of drug-likeness (QED) is 0.916. The molecule has 1 aliphatic rings. The number of halogens is 1. The van der Waals surface area contributed by atoms with E-state index in [-0.39, 0.29) is 11.1 Å². The standard InChI is InChI=1S/C11H8ClN5OS/c12-10-8(14-11-15-9(18)6-19-11)5-17(16-10)7-2-1-3-13-4-7/h1-5H,6H2,(H,14,15,18). The van der Waals surface area contributed by atoms with E-state index >= 15 is 0 Å². The van der Waals surface area contributed by atoms with Crippen LogP contribution in [0.5, 0.6) is 0 Å². The number of hydrogen-bond donors (Lipinski definition) is 1. The second-order valence-corrected chi connectivity index (χ2v) is 5.04. The van der Waals surface area contributed by atoms with Gasteiger partial charge in [-0.15, -0.1) is 0 Å². The lowest BCUT2D eigenvalue weighted by Crippen LogP contribution is -2.19. The smallest absolute Gasteiger partial charge is 0.236 e. The predicted octanol–water partition coefficient (Wildman–Crippen LogP) is 1.77. The molecule has 0 spiro atoms. The molecule has 6 nitrogen and oxygen atoms in total. The summed E-state index contributed by atoms with van der Waals surface area (Å²) in [5.74, 6) is 0.326. The number of nitrogens with one attached hydrogen (secondary N) is 1. The summed E-state index contributed by atoms with van der Waals surface area (Å²) in [7, 11) is 0. The Morgan fingerprint density at radius 1 is 1.53 bits per heavy atom. The molecule has 1 fully saturated rings. The van der Waals surface area contributed by atoms with E-state index in [0.29, 0.717) is 16.6 Å². The van der Waals surface area contributed by atoms with Crippen LogP contribution in [0.25, 0.3) is 5.69 Å². The average Bonchev–Trinajstić information content (AvgIpc) is 2.98. The number of hydrogen-bond acceptors (Lipinski definition) is 5. The van der Waals surface area contributed by atoms with Gasteiger partial charge in [0, 0.05) is 6.20 Å². The molecule has 2 aromatic rings. The molecule has 0 aromatic carbocycles. The number of rotatable bonds is 2. The van der Waals surface area contributed by atoms with Crippen molar-refractivity contribution in [3.63, 3.8) is 0 Å². The first-order chi connectivity index (χ1) is 9.22. The van der Waals surface area contributed by atoms with Crippen LogP contribution in [0, 0.1) is 0 Å². The maximum Gasteiger partial charge on any atom is 0.236 e. The molecule has 2 aromatic heterocycles. The first-order valence-corrected chi connectivity index (χ1v) is 6.75. The van der Waals surface area contributed by atoms with Crippen molar-refractivity contribution in [2.24, 2.45) is 4.99 Å². The zero-order valence-corrected chi connectivity index (χ0v) is 11.1. The monoisotopic (exact) mass is 293 g/mol. The molecule has 3 heterocycles. The van der Waals surface area contributed by atoms with E-state index in [1.165, 1.54) is 11.8 Å². The van der Waals surface area contributed by atoms with Gasteiger partial charge in [0.2, 0.25) is 5.91 Å². The molecule has 8 heteroatoms. The third-order valence-electron chi connectivity index (χ3n) is 2.37. The molecule has 1 N–H and O–H groups in total. The van der Waals surface area contributed by atoms with Crippen molar-refractivity contribution in [1.29, 1.82) is 0 Å². The first-order valence-electron chi connectivity index (χ1n) is 5.39. The van der Waals surface area contributed by atoms with E-state index in [9.17, 15) is 4.79 Å². The minimum Gasteiger partial charge on any atom is -0.304 e. The lowest BCUT2D eigenvalue weighted by molar-refractivity contribution is -0.116. The second kappa shape index (κ2) is 5.02. The molecule has 0 saturated carbocycles. The summed E-state index contributed by atoms with van der Waals surface area (Å²) in [5.41, 5.74) is 1.30. The molecule has 0 radical (unpaired) electrons. The van der Waals surface area contributed by atoms with Crippen LogP contribution in [-0.4, -0.2) is 31.6 Å². The van der Waals surface area contributed by atoms with Crippen molar-refractivity contribution in [3.05, 3.63) is 35.9 Å². The van der Waals surface area contributed by atoms with Gasteiger partial charge in [-0.25, -0.2) is 9.67 Å². The van der Waals surface area contributed by atoms with Gasteiger partial charge in [-0.1, -0.05) is 23.4 Å². The molecular weight excluding hydrogens is 286 g/mol. The molecule has 19 heavy (non-hydrogen) atoms. The Balaban J connectivity index is 1.92. The fourth-order valence-electron chi connectivity index (χ4n) is 1.54. The second-order valence-electron chi connectivity index (χ2n) is 3.71.